The van der Waals surface area contributed by atoms with E-state index in [4.69, 9.17) is 11.6 Å². The summed E-state index contributed by atoms with van der Waals surface area (Å²) in [7, 11) is 0. The molecule has 1 aromatic carbocycles. The van der Waals surface area contributed by atoms with Crippen LogP contribution in [0.5, 0.6) is 0 Å². The molecular weight excluding hydrogens is 332 g/mol. The Labute approximate surface area is 124 Å². The molecule has 0 fully saturated rings. The van der Waals surface area contributed by atoms with Crippen LogP contribution in [0.2, 0.25) is 5.15 Å². The summed E-state index contributed by atoms with van der Waals surface area (Å²) >= 11 is 11.1. The second kappa shape index (κ2) is 6.04. The van der Waals surface area contributed by atoms with Gasteiger partial charge in [0.15, 0.2) is 0 Å². The molecular formula is C13H12BrClN2S. The first kappa shape index (κ1) is 13.8. The quantitative estimate of drug-likeness (QED) is 0.591. The van der Waals surface area contributed by atoms with E-state index in [1.807, 2.05) is 6.92 Å². The molecule has 0 bridgehead atoms. The van der Waals surface area contributed by atoms with E-state index >= 15 is 0 Å². The number of rotatable bonds is 3. The lowest BCUT2D eigenvalue weighted by molar-refractivity contribution is 0.984. The highest BCUT2D eigenvalue weighted by Crippen LogP contribution is 2.26. The first-order valence-electron chi connectivity index (χ1n) is 5.44. The summed E-state index contributed by atoms with van der Waals surface area (Å²) < 4.78 is 0.772. The van der Waals surface area contributed by atoms with Crippen LogP contribution in [0, 0.1) is 13.8 Å². The Morgan fingerprint density at radius 1 is 1.28 bits per heavy atom. The molecule has 0 atom stereocenters. The van der Waals surface area contributed by atoms with E-state index in [9.17, 15) is 0 Å². The number of hydrogen-bond acceptors (Lipinski definition) is 3. The largest absolute Gasteiger partial charge is 0.236 e. The number of halogens is 2. The Kier molecular flexibility index (Phi) is 4.65. The van der Waals surface area contributed by atoms with Gasteiger partial charge in [0.05, 0.1) is 15.9 Å². The third-order valence-corrected chi connectivity index (χ3v) is 4.82. The highest BCUT2D eigenvalue weighted by Gasteiger charge is 2.07. The van der Waals surface area contributed by atoms with Crippen molar-refractivity contribution in [2.75, 3.05) is 0 Å². The van der Waals surface area contributed by atoms with Crippen molar-refractivity contribution in [1.82, 2.24) is 9.97 Å². The van der Waals surface area contributed by atoms with Crippen LogP contribution in [0.15, 0.2) is 33.6 Å². The topological polar surface area (TPSA) is 25.8 Å². The third-order valence-electron chi connectivity index (χ3n) is 2.38. The summed E-state index contributed by atoms with van der Waals surface area (Å²) in [6, 6.07) is 8.38. The first-order valence-corrected chi connectivity index (χ1v) is 7.60. The van der Waals surface area contributed by atoms with Crippen LogP contribution in [-0.2, 0) is 5.75 Å². The lowest BCUT2D eigenvalue weighted by atomic mass is 10.2. The second-order valence-electron chi connectivity index (χ2n) is 3.94. The van der Waals surface area contributed by atoms with Crippen LogP contribution in [0.1, 0.15) is 17.1 Å². The molecule has 0 amide bonds. The summed E-state index contributed by atoms with van der Waals surface area (Å²) in [5.41, 5.74) is 2.13. The summed E-state index contributed by atoms with van der Waals surface area (Å²) in [5, 5.41) is 0.474. The molecule has 1 heterocycles. The molecule has 0 N–H and O–H groups in total. The van der Waals surface area contributed by atoms with Crippen LogP contribution in [-0.4, -0.2) is 9.97 Å². The highest BCUT2D eigenvalue weighted by molar-refractivity contribution is 9.10. The van der Waals surface area contributed by atoms with Gasteiger partial charge in [0.2, 0.25) is 0 Å². The molecule has 0 unspecified atom stereocenters. The Morgan fingerprint density at radius 2 is 2.06 bits per heavy atom. The zero-order valence-electron chi connectivity index (χ0n) is 10.1. The van der Waals surface area contributed by atoms with Gasteiger partial charge in [0, 0.05) is 4.90 Å². The van der Waals surface area contributed by atoms with Crippen molar-refractivity contribution in [3.05, 3.63) is 51.0 Å². The number of aromatic nitrogens is 2. The molecule has 0 radical (unpaired) electrons. The van der Waals surface area contributed by atoms with Gasteiger partial charge in [-0.2, -0.15) is 0 Å². The molecule has 0 aliphatic rings. The van der Waals surface area contributed by atoms with Gasteiger partial charge >= 0.3 is 0 Å². The number of aryl methyl sites for hydroxylation is 2. The molecule has 0 saturated carbocycles. The molecule has 0 aliphatic carbocycles. The van der Waals surface area contributed by atoms with Crippen molar-refractivity contribution in [3.8, 4) is 0 Å². The van der Waals surface area contributed by atoms with Crippen molar-refractivity contribution in [3.63, 3.8) is 0 Å². The smallest absolute Gasteiger partial charge is 0.147 e. The van der Waals surface area contributed by atoms with Crippen LogP contribution >= 0.6 is 39.3 Å². The van der Waals surface area contributed by atoms with E-state index in [-0.39, 0.29) is 0 Å². The van der Waals surface area contributed by atoms with Gasteiger partial charge in [0.25, 0.3) is 0 Å². The van der Waals surface area contributed by atoms with Gasteiger partial charge in [0.1, 0.15) is 11.0 Å². The molecule has 5 heteroatoms. The van der Waals surface area contributed by atoms with Crippen LogP contribution in [0.4, 0.5) is 0 Å². The van der Waals surface area contributed by atoms with Gasteiger partial charge in [-0.25, -0.2) is 9.97 Å². The summed E-state index contributed by atoms with van der Waals surface area (Å²) in [6.45, 7) is 4.00. The van der Waals surface area contributed by atoms with Crippen LogP contribution in [0.3, 0.4) is 0 Å². The van der Waals surface area contributed by atoms with E-state index in [0.717, 1.165) is 21.7 Å². The standard InChI is InChI=1S/C13H12BrClN2S/c1-8-4-3-5-10(6-8)18-7-11-16-9(2)12(14)13(15)17-11/h3-6H,7H2,1-2H3. The normalized spacial score (nSPS) is 10.7. The number of hydrogen-bond donors (Lipinski definition) is 0. The van der Waals surface area contributed by atoms with E-state index in [2.05, 4.69) is 57.1 Å². The minimum absolute atomic E-state index is 0.474. The third kappa shape index (κ3) is 3.46. The Bertz CT molecular complexity index is 552. The summed E-state index contributed by atoms with van der Waals surface area (Å²) in [5.74, 6) is 1.48. The number of benzene rings is 1. The maximum atomic E-state index is 6.02. The lowest BCUT2D eigenvalue weighted by Crippen LogP contribution is -1.97. The van der Waals surface area contributed by atoms with E-state index in [0.29, 0.717) is 5.15 Å². The Hall–Kier alpha value is -0.580. The van der Waals surface area contributed by atoms with Crippen LogP contribution in [0.25, 0.3) is 0 Å². The second-order valence-corrected chi connectivity index (χ2v) is 6.13. The predicted molar refractivity (Wildman–Crippen MR) is 80.2 cm³/mol. The fraction of sp³-hybridized carbons (Fsp3) is 0.231. The monoisotopic (exact) mass is 342 g/mol. The van der Waals surface area contributed by atoms with Crippen LogP contribution < -0.4 is 0 Å². The zero-order valence-corrected chi connectivity index (χ0v) is 13.2. The number of nitrogens with zero attached hydrogens (tertiary/aromatic N) is 2. The fourth-order valence-corrected chi connectivity index (χ4v) is 2.78. The minimum Gasteiger partial charge on any atom is -0.236 e. The van der Waals surface area contributed by atoms with Crippen molar-refractivity contribution in [2.45, 2.75) is 24.5 Å². The van der Waals surface area contributed by atoms with Crippen molar-refractivity contribution in [1.29, 1.82) is 0 Å². The first-order chi connectivity index (χ1) is 8.56. The molecule has 2 aromatic rings. The van der Waals surface area contributed by atoms with Gasteiger partial charge < -0.3 is 0 Å². The summed E-state index contributed by atoms with van der Waals surface area (Å²) in [6.07, 6.45) is 0. The van der Waals surface area contributed by atoms with Gasteiger partial charge in [-0.3, -0.25) is 0 Å². The lowest BCUT2D eigenvalue weighted by Gasteiger charge is -2.05. The fourth-order valence-electron chi connectivity index (χ4n) is 1.50. The van der Waals surface area contributed by atoms with Gasteiger partial charge in [-0.1, -0.05) is 29.3 Å². The SMILES string of the molecule is Cc1cccc(SCc2nc(C)c(Br)c(Cl)n2)c1. The number of thioether (sulfide) groups is 1. The van der Waals surface area contributed by atoms with Crippen molar-refractivity contribution < 1.29 is 0 Å². The average molecular weight is 344 g/mol. The van der Waals surface area contributed by atoms with E-state index in [1.165, 1.54) is 10.5 Å². The molecule has 2 rings (SSSR count). The van der Waals surface area contributed by atoms with Crippen molar-refractivity contribution >= 4 is 39.3 Å². The van der Waals surface area contributed by atoms with E-state index < -0.39 is 0 Å². The molecule has 0 saturated heterocycles. The summed E-state index contributed by atoms with van der Waals surface area (Å²) in [4.78, 5) is 9.88. The molecule has 0 spiro atoms. The highest BCUT2D eigenvalue weighted by atomic mass is 79.9. The van der Waals surface area contributed by atoms with Gasteiger partial charge in [-0.15, -0.1) is 11.8 Å². The maximum absolute atomic E-state index is 6.02. The molecule has 1 aromatic heterocycles. The predicted octanol–water partition coefficient (Wildman–Crippen LogP) is 4.80. The zero-order chi connectivity index (χ0) is 13.1. The molecule has 0 aliphatic heterocycles. The van der Waals surface area contributed by atoms with Gasteiger partial charge in [-0.05, 0) is 41.9 Å². The maximum Gasteiger partial charge on any atom is 0.147 e. The average Bonchev–Trinajstić information content (AvgIpc) is 2.33. The van der Waals surface area contributed by atoms with Crippen molar-refractivity contribution in [2.24, 2.45) is 0 Å². The minimum atomic E-state index is 0.474. The molecule has 2 nitrogen and oxygen atoms in total. The molecule has 94 valence electrons. The Balaban J connectivity index is 2.11. The molecule has 18 heavy (non-hydrogen) atoms. The van der Waals surface area contributed by atoms with E-state index in [1.54, 1.807) is 11.8 Å². The Morgan fingerprint density at radius 3 is 2.72 bits per heavy atom.